The molecular weight excluding hydrogens is 464 g/mol. The number of phenols is 1. The number of nitrogens with two attached hydrogens (primary N) is 1. The summed E-state index contributed by atoms with van der Waals surface area (Å²) in [5.41, 5.74) is 6.17. The number of imidazole rings is 1. The van der Waals surface area contributed by atoms with E-state index in [2.05, 4.69) is 25.9 Å². The van der Waals surface area contributed by atoms with Crippen LogP contribution < -0.4 is 21.7 Å². The topological polar surface area (TPSA) is 237 Å². The number of nitrogens with zero attached hydrogens (tertiary/aromatic N) is 1. The molecule has 3 atom stereocenters. The lowest BCUT2D eigenvalue weighted by Crippen LogP contribution is -2.57. The maximum absolute atomic E-state index is 13.0. The molecule has 35 heavy (non-hydrogen) atoms. The molecule has 1 heterocycles. The average molecular weight is 490 g/mol. The molecule has 0 aliphatic carbocycles. The van der Waals surface area contributed by atoms with E-state index in [1.54, 1.807) is 0 Å². The highest BCUT2D eigenvalue weighted by Crippen LogP contribution is 2.12. The molecular formula is C21H26N6O8. The van der Waals surface area contributed by atoms with Gasteiger partial charge in [0.05, 0.1) is 19.3 Å². The smallest absolute Gasteiger partial charge is 0.326 e. The van der Waals surface area contributed by atoms with Gasteiger partial charge in [0.15, 0.2) is 0 Å². The van der Waals surface area contributed by atoms with Gasteiger partial charge in [-0.1, -0.05) is 12.1 Å². The van der Waals surface area contributed by atoms with Crippen molar-refractivity contribution in [3.8, 4) is 5.75 Å². The molecule has 0 aliphatic rings. The van der Waals surface area contributed by atoms with E-state index in [0.717, 1.165) is 0 Å². The number of aliphatic carboxylic acids is 2. The lowest BCUT2D eigenvalue weighted by molar-refractivity contribution is -0.143. The number of H-pyrrole nitrogens is 1. The number of aromatic nitrogens is 2. The van der Waals surface area contributed by atoms with Gasteiger partial charge >= 0.3 is 11.9 Å². The number of nitrogens with one attached hydrogen (secondary N) is 4. The number of carbonyl (C=O) groups is 5. The number of hydrogen-bond donors (Lipinski definition) is 8. The van der Waals surface area contributed by atoms with Gasteiger partial charge in [0.25, 0.3) is 0 Å². The SMILES string of the molecule is NCC(=O)NC(CC(=O)O)C(=O)NC(Cc1ccc(O)cc1)C(=O)NC(Cc1cnc[nH]1)C(=O)O. The Morgan fingerprint density at radius 2 is 1.54 bits per heavy atom. The number of carbonyl (C=O) groups excluding carboxylic acids is 3. The number of aromatic hydroxyl groups is 1. The van der Waals surface area contributed by atoms with Gasteiger partial charge in [-0.25, -0.2) is 9.78 Å². The zero-order valence-corrected chi connectivity index (χ0v) is 18.4. The summed E-state index contributed by atoms with van der Waals surface area (Å²) in [6.07, 6.45) is 1.73. The normalized spacial score (nSPS) is 13.2. The summed E-state index contributed by atoms with van der Waals surface area (Å²) in [4.78, 5) is 66.8. The fraction of sp³-hybridized carbons (Fsp3) is 0.333. The van der Waals surface area contributed by atoms with Crippen LogP contribution in [0.1, 0.15) is 17.7 Å². The van der Waals surface area contributed by atoms with Crippen molar-refractivity contribution < 1.29 is 39.3 Å². The summed E-state index contributed by atoms with van der Waals surface area (Å²) in [7, 11) is 0. The summed E-state index contributed by atoms with van der Waals surface area (Å²) in [6, 6.07) is 1.46. The van der Waals surface area contributed by atoms with Crippen molar-refractivity contribution in [1.82, 2.24) is 25.9 Å². The van der Waals surface area contributed by atoms with E-state index in [9.17, 15) is 34.2 Å². The first kappa shape index (κ1) is 26.8. The van der Waals surface area contributed by atoms with Gasteiger partial charge in [-0.3, -0.25) is 19.2 Å². The second kappa shape index (κ2) is 12.7. The number of benzene rings is 1. The largest absolute Gasteiger partial charge is 0.508 e. The number of carboxylic acid groups (broad SMARTS) is 2. The van der Waals surface area contributed by atoms with Crippen molar-refractivity contribution in [1.29, 1.82) is 0 Å². The summed E-state index contributed by atoms with van der Waals surface area (Å²) in [5, 5.41) is 35.0. The van der Waals surface area contributed by atoms with Crippen LogP contribution in [0.25, 0.3) is 0 Å². The highest BCUT2D eigenvalue weighted by molar-refractivity contribution is 5.95. The van der Waals surface area contributed by atoms with E-state index in [-0.39, 0.29) is 18.6 Å². The zero-order chi connectivity index (χ0) is 26.0. The minimum absolute atomic E-state index is 0.0321. The van der Waals surface area contributed by atoms with Crippen LogP contribution in [-0.2, 0) is 36.8 Å². The molecule has 0 saturated heterocycles. The molecule has 188 valence electrons. The van der Waals surface area contributed by atoms with E-state index < -0.39 is 60.8 Å². The molecule has 3 unspecified atom stereocenters. The average Bonchev–Trinajstić information content (AvgIpc) is 3.31. The van der Waals surface area contributed by atoms with Gasteiger partial charge in [-0.2, -0.15) is 0 Å². The summed E-state index contributed by atoms with van der Waals surface area (Å²) in [5.74, 6) is -5.37. The standard InChI is InChI=1S/C21H26N6O8/c22-8-17(29)25-15(7-18(30)31)20(33)26-14(5-11-1-3-13(28)4-2-11)19(32)27-16(21(34)35)6-12-9-23-10-24-12/h1-4,9-10,14-16,28H,5-8,22H2,(H,23,24)(H,25,29)(H,26,33)(H,27,32)(H,30,31)(H,34,35). The van der Waals surface area contributed by atoms with Crippen LogP contribution in [0.15, 0.2) is 36.8 Å². The van der Waals surface area contributed by atoms with Gasteiger partial charge in [-0.15, -0.1) is 0 Å². The van der Waals surface area contributed by atoms with E-state index in [1.807, 2.05) is 0 Å². The number of rotatable bonds is 13. The molecule has 14 heteroatoms. The van der Waals surface area contributed by atoms with Crippen LogP contribution in [0, 0.1) is 0 Å². The van der Waals surface area contributed by atoms with Crippen LogP contribution in [0.5, 0.6) is 5.75 Å². The van der Waals surface area contributed by atoms with Crippen molar-refractivity contribution in [2.75, 3.05) is 6.54 Å². The minimum atomic E-state index is -1.53. The highest BCUT2D eigenvalue weighted by atomic mass is 16.4. The molecule has 2 aromatic rings. The third-order valence-corrected chi connectivity index (χ3v) is 4.82. The maximum Gasteiger partial charge on any atom is 0.326 e. The predicted octanol–water partition coefficient (Wildman–Crippen LogP) is -2.13. The molecule has 9 N–H and O–H groups in total. The van der Waals surface area contributed by atoms with Crippen LogP contribution in [-0.4, -0.2) is 79.6 Å². The Kier molecular flexibility index (Phi) is 9.71. The van der Waals surface area contributed by atoms with Crippen molar-refractivity contribution in [2.45, 2.75) is 37.4 Å². The van der Waals surface area contributed by atoms with Crippen molar-refractivity contribution in [2.24, 2.45) is 5.73 Å². The van der Waals surface area contributed by atoms with E-state index in [4.69, 9.17) is 10.8 Å². The fourth-order valence-electron chi connectivity index (χ4n) is 3.08. The zero-order valence-electron chi connectivity index (χ0n) is 18.4. The van der Waals surface area contributed by atoms with Gasteiger partial charge in [0, 0.05) is 24.7 Å². The monoisotopic (exact) mass is 490 g/mol. The van der Waals surface area contributed by atoms with Crippen molar-refractivity contribution in [3.05, 3.63) is 48.0 Å². The first-order chi connectivity index (χ1) is 16.6. The summed E-state index contributed by atoms with van der Waals surface area (Å²) >= 11 is 0. The molecule has 0 fully saturated rings. The third kappa shape index (κ3) is 8.77. The Morgan fingerprint density at radius 3 is 2.09 bits per heavy atom. The Labute approximate surface area is 198 Å². The lowest BCUT2D eigenvalue weighted by Gasteiger charge is -2.24. The van der Waals surface area contributed by atoms with Crippen LogP contribution in [0.2, 0.25) is 0 Å². The van der Waals surface area contributed by atoms with Crippen LogP contribution >= 0.6 is 0 Å². The number of phenolic OH excluding ortho intramolecular Hbond substituents is 1. The molecule has 3 amide bonds. The number of amides is 3. The van der Waals surface area contributed by atoms with Gasteiger partial charge in [-0.05, 0) is 17.7 Å². The Bertz CT molecular complexity index is 1040. The lowest BCUT2D eigenvalue weighted by atomic mass is 10.0. The van der Waals surface area contributed by atoms with Crippen LogP contribution in [0.3, 0.4) is 0 Å². The molecule has 0 spiro atoms. The van der Waals surface area contributed by atoms with Gasteiger partial charge in [0.2, 0.25) is 17.7 Å². The molecule has 2 rings (SSSR count). The van der Waals surface area contributed by atoms with E-state index >= 15 is 0 Å². The number of carboxylic acids is 2. The quantitative estimate of drug-likeness (QED) is 0.152. The molecule has 0 saturated carbocycles. The van der Waals surface area contributed by atoms with Crippen LogP contribution in [0.4, 0.5) is 0 Å². The Morgan fingerprint density at radius 1 is 0.914 bits per heavy atom. The fourth-order valence-corrected chi connectivity index (χ4v) is 3.08. The summed E-state index contributed by atoms with van der Waals surface area (Å²) in [6.45, 7) is -0.491. The van der Waals surface area contributed by atoms with Crippen molar-refractivity contribution >= 4 is 29.7 Å². The predicted molar refractivity (Wildman–Crippen MR) is 119 cm³/mol. The first-order valence-corrected chi connectivity index (χ1v) is 10.4. The molecule has 14 nitrogen and oxygen atoms in total. The number of hydrogen-bond acceptors (Lipinski definition) is 8. The van der Waals surface area contributed by atoms with Crippen molar-refractivity contribution in [3.63, 3.8) is 0 Å². The molecule has 0 aliphatic heterocycles. The molecule has 0 radical (unpaired) electrons. The summed E-state index contributed by atoms with van der Waals surface area (Å²) < 4.78 is 0. The van der Waals surface area contributed by atoms with Gasteiger partial charge < -0.3 is 42.0 Å². The van der Waals surface area contributed by atoms with E-state index in [1.165, 1.54) is 36.8 Å². The molecule has 1 aromatic heterocycles. The first-order valence-electron chi connectivity index (χ1n) is 10.4. The Hall–Kier alpha value is -4.46. The third-order valence-electron chi connectivity index (χ3n) is 4.82. The second-order valence-corrected chi connectivity index (χ2v) is 7.53. The highest BCUT2D eigenvalue weighted by Gasteiger charge is 2.31. The Balaban J connectivity index is 2.24. The second-order valence-electron chi connectivity index (χ2n) is 7.53. The molecule has 0 bridgehead atoms. The maximum atomic E-state index is 13.0. The van der Waals surface area contributed by atoms with Gasteiger partial charge in [0.1, 0.15) is 23.9 Å². The molecule has 1 aromatic carbocycles. The minimum Gasteiger partial charge on any atom is -0.508 e. The van der Waals surface area contributed by atoms with E-state index in [0.29, 0.717) is 11.3 Å². The number of aromatic amines is 1.